The Bertz CT molecular complexity index is 939. The molecule has 1 heterocycles. The summed E-state index contributed by atoms with van der Waals surface area (Å²) in [5.74, 6) is 1.09. The third kappa shape index (κ3) is 5.36. The van der Waals surface area contributed by atoms with Crippen molar-refractivity contribution >= 4 is 23.6 Å². The molecule has 3 rings (SSSR count). The highest BCUT2D eigenvalue weighted by Gasteiger charge is 2.21. The molecule has 0 aliphatic carbocycles. The monoisotopic (exact) mass is 424 g/mol. The van der Waals surface area contributed by atoms with E-state index in [1.54, 1.807) is 42.5 Å². The van der Waals surface area contributed by atoms with Crippen LogP contribution in [0.2, 0.25) is 0 Å². The van der Waals surface area contributed by atoms with Gasteiger partial charge >= 0.3 is 0 Å². The average molecular weight is 424 g/mol. The normalized spacial score (nSPS) is 13.7. The number of piperidine rings is 1. The zero-order valence-electron chi connectivity index (χ0n) is 18.1. The van der Waals surface area contributed by atoms with E-state index in [0.717, 1.165) is 32.4 Å². The van der Waals surface area contributed by atoms with Gasteiger partial charge in [0.15, 0.2) is 11.5 Å². The third-order valence-electron chi connectivity index (χ3n) is 5.17. The first kappa shape index (κ1) is 22.2. The maximum absolute atomic E-state index is 12.9. The molecular weight excluding hydrogens is 396 g/mol. The summed E-state index contributed by atoms with van der Waals surface area (Å²) >= 11 is 0. The van der Waals surface area contributed by atoms with Gasteiger partial charge in [0, 0.05) is 19.2 Å². The molecule has 7 heteroatoms. The number of rotatable bonds is 7. The molecule has 31 heavy (non-hydrogen) atoms. The number of ether oxygens (including phenoxy) is 3. The Morgan fingerprint density at radius 2 is 1.58 bits per heavy atom. The Hall–Kier alpha value is -3.48. The molecule has 164 valence electrons. The molecule has 0 unspecified atom stereocenters. The van der Waals surface area contributed by atoms with E-state index in [-0.39, 0.29) is 11.8 Å². The lowest BCUT2D eigenvalue weighted by molar-refractivity contribution is -0.111. The van der Waals surface area contributed by atoms with Crippen LogP contribution < -0.4 is 19.5 Å². The van der Waals surface area contributed by atoms with Crippen LogP contribution in [0.1, 0.15) is 35.2 Å². The van der Waals surface area contributed by atoms with Gasteiger partial charge in [-0.25, -0.2) is 0 Å². The number of nitrogens with one attached hydrogen (secondary N) is 1. The van der Waals surface area contributed by atoms with Gasteiger partial charge in [-0.2, -0.15) is 0 Å². The molecule has 1 N–H and O–H groups in total. The summed E-state index contributed by atoms with van der Waals surface area (Å²) in [6.45, 7) is 1.50. The summed E-state index contributed by atoms with van der Waals surface area (Å²) < 4.78 is 16.0. The summed E-state index contributed by atoms with van der Waals surface area (Å²) in [7, 11) is 4.60. The fourth-order valence-corrected chi connectivity index (χ4v) is 3.59. The van der Waals surface area contributed by atoms with E-state index >= 15 is 0 Å². The van der Waals surface area contributed by atoms with E-state index in [9.17, 15) is 9.59 Å². The fourth-order valence-electron chi connectivity index (χ4n) is 3.59. The number of carbonyl (C=O) groups is 2. The number of carbonyl (C=O) groups excluding carboxylic acids is 2. The van der Waals surface area contributed by atoms with E-state index in [1.807, 2.05) is 4.90 Å². The van der Waals surface area contributed by atoms with Gasteiger partial charge in [-0.05, 0) is 55.2 Å². The van der Waals surface area contributed by atoms with E-state index < -0.39 is 0 Å². The summed E-state index contributed by atoms with van der Waals surface area (Å²) in [5, 5.41) is 2.82. The van der Waals surface area contributed by atoms with Crippen LogP contribution in [0.15, 0.2) is 42.5 Å². The van der Waals surface area contributed by atoms with Crippen LogP contribution in [0.5, 0.6) is 17.2 Å². The predicted molar refractivity (Wildman–Crippen MR) is 120 cm³/mol. The molecule has 0 atom stereocenters. The topological polar surface area (TPSA) is 77.1 Å². The predicted octanol–water partition coefficient (Wildman–Crippen LogP) is 3.99. The zero-order valence-corrected chi connectivity index (χ0v) is 18.1. The van der Waals surface area contributed by atoms with Crippen molar-refractivity contribution in [3.63, 3.8) is 0 Å². The second-order valence-corrected chi connectivity index (χ2v) is 7.18. The Morgan fingerprint density at radius 1 is 0.935 bits per heavy atom. The first-order valence-electron chi connectivity index (χ1n) is 10.2. The van der Waals surface area contributed by atoms with Crippen LogP contribution in [-0.4, -0.2) is 51.1 Å². The smallest absolute Gasteiger partial charge is 0.255 e. The molecule has 7 nitrogen and oxygen atoms in total. The summed E-state index contributed by atoms with van der Waals surface area (Å²) in [6, 6.07) is 10.6. The van der Waals surface area contributed by atoms with Gasteiger partial charge in [-0.15, -0.1) is 0 Å². The second-order valence-electron chi connectivity index (χ2n) is 7.18. The van der Waals surface area contributed by atoms with Gasteiger partial charge in [0.1, 0.15) is 0 Å². The van der Waals surface area contributed by atoms with Gasteiger partial charge in [0.2, 0.25) is 11.7 Å². The molecule has 2 aromatic rings. The van der Waals surface area contributed by atoms with Crippen LogP contribution in [0, 0.1) is 0 Å². The van der Waals surface area contributed by atoms with Gasteiger partial charge in [-0.1, -0.05) is 12.1 Å². The maximum Gasteiger partial charge on any atom is 0.255 e. The summed E-state index contributed by atoms with van der Waals surface area (Å²) in [5.41, 5.74) is 1.71. The van der Waals surface area contributed by atoms with Crippen LogP contribution in [0.25, 0.3) is 6.08 Å². The van der Waals surface area contributed by atoms with Crippen molar-refractivity contribution in [3.8, 4) is 17.2 Å². The number of nitrogens with zero attached hydrogens (tertiary/aromatic N) is 1. The quantitative estimate of drug-likeness (QED) is 0.680. The standard InChI is InChI=1S/C24H28N2O5/c1-29-20-15-17(16-21(30-2)23(20)31-3)11-12-22(27)25-19-10-6-5-9-18(19)24(28)26-13-7-4-8-14-26/h5-6,9-12,15-16H,4,7-8,13-14H2,1-3H3,(H,25,27)/b12-11+. The van der Waals surface area contributed by atoms with Crippen LogP contribution >= 0.6 is 0 Å². The lowest BCUT2D eigenvalue weighted by Gasteiger charge is -2.27. The highest BCUT2D eigenvalue weighted by atomic mass is 16.5. The second kappa shape index (κ2) is 10.5. The minimum atomic E-state index is -0.340. The Balaban J connectivity index is 1.76. The number of hydrogen-bond acceptors (Lipinski definition) is 5. The van der Waals surface area contributed by atoms with Gasteiger partial charge in [-0.3, -0.25) is 9.59 Å². The number of benzene rings is 2. The molecule has 1 saturated heterocycles. The molecule has 2 amide bonds. The fraction of sp³-hybridized carbons (Fsp3) is 0.333. The molecular formula is C24H28N2O5. The van der Waals surface area contributed by atoms with E-state index in [0.29, 0.717) is 34.1 Å². The van der Waals surface area contributed by atoms with Gasteiger partial charge in [0.05, 0.1) is 32.6 Å². The molecule has 2 aromatic carbocycles. The molecule has 1 aliphatic heterocycles. The lowest BCUT2D eigenvalue weighted by Crippen LogP contribution is -2.36. The molecule has 1 fully saturated rings. The van der Waals surface area contributed by atoms with E-state index in [2.05, 4.69) is 5.32 Å². The van der Waals surface area contributed by atoms with Crippen molar-refractivity contribution in [1.82, 2.24) is 4.90 Å². The highest BCUT2D eigenvalue weighted by molar-refractivity contribution is 6.07. The summed E-state index contributed by atoms with van der Waals surface area (Å²) in [4.78, 5) is 27.3. The van der Waals surface area contributed by atoms with Crippen molar-refractivity contribution in [3.05, 3.63) is 53.6 Å². The van der Waals surface area contributed by atoms with E-state index in [1.165, 1.54) is 27.4 Å². The Morgan fingerprint density at radius 3 is 2.19 bits per heavy atom. The van der Waals surface area contributed by atoms with Crippen molar-refractivity contribution in [2.75, 3.05) is 39.7 Å². The summed E-state index contributed by atoms with van der Waals surface area (Å²) in [6.07, 6.45) is 6.22. The van der Waals surface area contributed by atoms with Gasteiger partial charge < -0.3 is 24.4 Å². The molecule has 0 aromatic heterocycles. The molecule has 0 radical (unpaired) electrons. The van der Waals surface area contributed by atoms with Crippen molar-refractivity contribution in [2.24, 2.45) is 0 Å². The Labute approximate surface area is 182 Å². The molecule has 1 aliphatic rings. The minimum absolute atomic E-state index is 0.0517. The molecule has 0 saturated carbocycles. The first-order chi connectivity index (χ1) is 15.1. The molecule has 0 spiro atoms. The first-order valence-corrected chi connectivity index (χ1v) is 10.2. The average Bonchev–Trinajstić information content (AvgIpc) is 2.82. The largest absolute Gasteiger partial charge is 0.493 e. The van der Waals surface area contributed by atoms with Crippen molar-refractivity contribution in [1.29, 1.82) is 0 Å². The molecule has 0 bridgehead atoms. The number of anilines is 1. The number of hydrogen-bond donors (Lipinski definition) is 1. The number of methoxy groups -OCH3 is 3. The van der Waals surface area contributed by atoms with Gasteiger partial charge in [0.25, 0.3) is 5.91 Å². The number of likely N-dealkylation sites (tertiary alicyclic amines) is 1. The third-order valence-corrected chi connectivity index (χ3v) is 5.17. The van der Waals surface area contributed by atoms with Crippen molar-refractivity contribution in [2.45, 2.75) is 19.3 Å². The van der Waals surface area contributed by atoms with Crippen LogP contribution in [0.4, 0.5) is 5.69 Å². The maximum atomic E-state index is 12.9. The lowest BCUT2D eigenvalue weighted by atomic mass is 10.1. The van der Waals surface area contributed by atoms with Crippen LogP contribution in [-0.2, 0) is 4.79 Å². The zero-order chi connectivity index (χ0) is 22.2. The van der Waals surface area contributed by atoms with Crippen LogP contribution in [0.3, 0.4) is 0 Å². The highest BCUT2D eigenvalue weighted by Crippen LogP contribution is 2.38. The minimum Gasteiger partial charge on any atom is -0.493 e. The van der Waals surface area contributed by atoms with Crippen molar-refractivity contribution < 1.29 is 23.8 Å². The van der Waals surface area contributed by atoms with E-state index in [4.69, 9.17) is 14.2 Å². The number of para-hydroxylation sites is 1. The SMILES string of the molecule is COc1cc(/C=C/C(=O)Nc2ccccc2C(=O)N2CCCCC2)cc(OC)c1OC. The Kier molecular flexibility index (Phi) is 7.54. The number of amides is 2.